The highest BCUT2D eigenvalue weighted by atomic mass is 32.2. The van der Waals surface area contributed by atoms with Gasteiger partial charge in [-0.1, -0.05) is 35.5 Å². The number of nitrogens with one attached hydrogen (secondary N) is 1. The number of hydrogen-bond acceptors (Lipinski definition) is 9. The van der Waals surface area contributed by atoms with Crippen molar-refractivity contribution in [3.8, 4) is 22.5 Å². The van der Waals surface area contributed by atoms with E-state index < -0.39 is 5.97 Å². The molecule has 0 saturated carbocycles. The average Bonchev–Trinajstić information content (AvgIpc) is 3.72. The number of rotatable bonds is 9. The minimum absolute atomic E-state index is 0.102. The molecule has 1 atom stereocenters. The van der Waals surface area contributed by atoms with Crippen molar-refractivity contribution in [2.75, 3.05) is 24.8 Å². The van der Waals surface area contributed by atoms with Crippen LogP contribution in [0.1, 0.15) is 39.2 Å². The molecule has 1 aliphatic heterocycles. The molecule has 39 heavy (non-hydrogen) atoms. The molecule has 11 heteroatoms. The lowest BCUT2D eigenvalue weighted by Gasteiger charge is -2.14. The molecule has 3 aromatic heterocycles. The van der Waals surface area contributed by atoms with Crippen LogP contribution < -0.4 is 5.32 Å². The number of ether oxygens (including phenoxy) is 2. The number of hydrogen-bond donors (Lipinski definition) is 1. The summed E-state index contributed by atoms with van der Waals surface area (Å²) in [5, 5.41) is 16.9. The van der Waals surface area contributed by atoms with Crippen LogP contribution in [0.15, 0.2) is 40.2 Å². The molecule has 1 aromatic carbocycles. The zero-order valence-corrected chi connectivity index (χ0v) is 24.7. The average molecular weight is 583 g/mol. The number of carbonyl (C=O) groups excluding carboxylic acids is 2. The molecular weight excluding hydrogens is 553 g/mol. The van der Waals surface area contributed by atoms with Crippen molar-refractivity contribution in [3.63, 3.8) is 0 Å². The Kier molecular flexibility index (Phi) is 8.51. The lowest BCUT2D eigenvalue weighted by Crippen LogP contribution is -2.18. The van der Waals surface area contributed by atoms with Gasteiger partial charge in [-0.15, -0.1) is 32.9 Å². The summed E-state index contributed by atoms with van der Waals surface area (Å²) in [5.74, 6) is 0.173. The van der Waals surface area contributed by atoms with Crippen LogP contribution in [0.4, 0.5) is 5.00 Å². The largest absolute Gasteiger partial charge is 0.465 e. The first-order valence-corrected chi connectivity index (χ1v) is 15.4. The number of aryl methyl sites for hydroxylation is 3. The molecule has 204 valence electrons. The summed E-state index contributed by atoms with van der Waals surface area (Å²) in [6.45, 7) is 7.47. The Morgan fingerprint density at radius 3 is 2.72 bits per heavy atom. The Labute approximate surface area is 239 Å². The highest BCUT2D eigenvalue weighted by Gasteiger charge is 2.25. The van der Waals surface area contributed by atoms with Gasteiger partial charge in [0.05, 0.1) is 25.5 Å². The number of nitrogens with zero attached hydrogens (tertiary/aromatic N) is 3. The van der Waals surface area contributed by atoms with Gasteiger partial charge in [0.25, 0.3) is 0 Å². The first-order valence-electron chi connectivity index (χ1n) is 12.6. The van der Waals surface area contributed by atoms with Gasteiger partial charge in [-0.3, -0.25) is 9.36 Å². The SMILES string of the molecule is COC(=O)c1c(-c2cc(C)ccc2C)csc1NC(=O)CSc1nnc(-c2csc(C)c2)n1CC1CCCO1. The zero-order chi connectivity index (χ0) is 27.5. The molecule has 1 fully saturated rings. The van der Waals surface area contributed by atoms with Crippen LogP contribution in [0.3, 0.4) is 0 Å². The second-order valence-electron chi connectivity index (χ2n) is 9.50. The third-order valence-electron chi connectivity index (χ3n) is 6.56. The van der Waals surface area contributed by atoms with Crippen molar-refractivity contribution in [3.05, 3.63) is 56.6 Å². The van der Waals surface area contributed by atoms with Crippen LogP contribution in [-0.2, 0) is 20.8 Å². The van der Waals surface area contributed by atoms with Crippen LogP contribution >= 0.6 is 34.4 Å². The van der Waals surface area contributed by atoms with Gasteiger partial charge in [0, 0.05) is 33.4 Å². The lowest BCUT2D eigenvalue weighted by atomic mass is 9.97. The first-order chi connectivity index (χ1) is 18.8. The fourth-order valence-electron chi connectivity index (χ4n) is 4.60. The highest BCUT2D eigenvalue weighted by molar-refractivity contribution is 7.99. The van der Waals surface area contributed by atoms with Gasteiger partial charge in [-0.25, -0.2) is 4.79 Å². The summed E-state index contributed by atoms with van der Waals surface area (Å²) in [4.78, 5) is 27.1. The molecule has 4 heterocycles. The van der Waals surface area contributed by atoms with E-state index in [1.165, 1.54) is 35.1 Å². The van der Waals surface area contributed by atoms with Crippen molar-refractivity contribution in [1.82, 2.24) is 14.8 Å². The van der Waals surface area contributed by atoms with E-state index in [0.29, 0.717) is 22.3 Å². The fourth-order valence-corrected chi connectivity index (χ4v) is 6.99. The normalized spacial score (nSPS) is 15.0. The Morgan fingerprint density at radius 2 is 2.00 bits per heavy atom. The third kappa shape index (κ3) is 6.11. The summed E-state index contributed by atoms with van der Waals surface area (Å²) in [5.41, 5.74) is 5.21. The van der Waals surface area contributed by atoms with Gasteiger partial charge in [-0.05, 0) is 50.8 Å². The number of carbonyl (C=O) groups is 2. The van der Waals surface area contributed by atoms with Crippen molar-refractivity contribution in [2.45, 2.75) is 51.4 Å². The van der Waals surface area contributed by atoms with Gasteiger partial charge in [0.1, 0.15) is 10.6 Å². The zero-order valence-electron chi connectivity index (χ0n) is 22.3. The molecule has 5 rings (SSSR count). The van der Waals surface area contributed by atoms with E-state index in [1.54, 1.807) is 11.3 Å². The number of methoxy groups -OCH3 is 1. The monoisotopic (exact) mass is 582 g/mol. The van der Waals surface area contributed by atoms with E-state index in [1.807, 2.05) is 37.4 Å². The number of thiophene rings is 2. The summed E-state index contributed by atoms with van der Waals surface area (Å²) < 4.78 is 13.0. The minimum atomic E-state index is -0.484. The molecular formula is C28H30N4O4S3. The second kappa shape index (κ2) is 12.0. The van der Waals surface area contributed by atoms with E-state index in [-0.39, 0.29) is 17.8 Å². The maximum atomic E-state index is 13.1. The second-order valence-corrected chi connectivity index (χ2v) is 12.4. The summed E-state index contributed by atoms with van der Waals surface area (Å²) >= 11 is 4.31. The van der Waals surface area contributed by atoms with E-state index >= 15 is 0 Å². The summed E-state index contributed by atoms with van der Waals surface area (Å²) in [6, 6.07) is 8.20. The Balaban J connectivity index is 1.35. The van der Waals surface area contributed by atoms with Gasteiger partial charge >= 0.3 is 5.97 Å². The predicted molar refractivity (Wildman–Crippen MR) is 157 cm³/mol. The van der Waals surface area contributed by atoms with Crippen LogP contribution in [-0.4, -0.2) is 52.2 Å². The predicted octanol–water partition coefficient (Wildman–Crippen LogP) is 6.36. The lowest BCUT2D eigenvalue weighted by molar-refractivity contribution is -0.113. The smallest absolute Gasteiger partial charge is 0.341 e. The molecule has 0 bridgehead atoms. The number of benzene rings is 1. The maximum Gasteiger partial charge on any atom is 0.341 e. The Morgan fingerprint density at radius 1 is 1.15 bits per heavy atom. The summed E-state index contributed by atoms with van der Waals surface area (Å²) in [7, 11) is 1.35. The van der Waals surface area contributed by atoms with Crippen molar-refractivity contribution < 1.29 is 19.1 Å². The molecule has 4 aromatic rings. The Bertz CT molecular complexity index is 1500. The molecule has 8 nitrogen and oxygen atoms in total. The topological polar surface area (TPSA) is 95.3 Å². The van der Waals surface area contributed by atoms with Crippen LogP contribution in [0.25, 0.3) is 22.5 Å². The van der Waals surface area contributed by atoms with Gasteiger partial charge < -0.3 is 14.8 Å². The van der Waals surface area contributed by atoms with Crippen LogP contribution in [0.5, 0.6) is 0 Å². The molecule has 1 saturated heterocycles. The van der Waals surface area contributed by atoms with Crippen LogP contribution in [0, 0.1) is 20.8 Å². The van der Waals surface area contributed by atoms with Crippen molar-refractivity contribution in [1.29, 1.82) is 0 Å². The van der Waals surface area contributed by atoms with Crippen molar-refractivity contribution in [2.24, 2.45) is 0 Å². The van der Waals surface area contributed by atoms with E-state index in [4.69, 9.17) is 9.47 Å². The highest BCUT2D eigenvalue weighted by Crippen LogP contribution is 2.38. The fraction of sp³-hybridized carbons (Fsp3) is 0.357. The molecule has 1 amide bonds. The van der Waals surface area contributed by atoms with Gasteiger partial charge in [0.2, 0.25) is 5.91 Å². The molecule has 1 N–H and O–H groups in total. The maximum absolute atomic E-state index is 13.1. The number of anilines is 1. The Hall–Kier alpha value is -2.99. The number of esters is 1. The number of thioether (sulfide) groups is 1. The molecule has 1 unspecified atom stereocenters. The standard InChI is InChI=1S/C28H30N4O4S3/c1-16-7-8-17(2)21(10-16)22-14-38-26(24(22)27(34)35-4)29-23(33)15-39-28-31-30-25(19-11-18(3)37-13-19)32(28)12-20-6-5-9-36-20/h7-8,10-11,13-14,20H,5-6,9,12,15H2,1-4H3,(H,29,33). The first kappa shape index (κ1) is 27.6. The molecule has 1 aliphatic rings. The van der Waals surface area contributed by atoms with Gasteiger partial charge in [0.15, 0.2) is 11.0 Å². The molecule has 0 aliphatic carbocycles. The third-order valence-corrected chi connectivity index (χ3v) is 9.29. The van der Waals surface area contributed by atoms with Gasteiger partial charge in [-0.2, -0.15) is 0 Å². The summed E-state index contributed by atoms with van der Waals surface area (Å²) in [6.07, 6.45) is 2.13. The quantitative estimate of drug-likeness (QED) is 0.181. The molecule has 0 radical (unpaired) electrons. The van der Waals surface area contributed by atoms with E-state index in [9.17, 15) is 9.59 Å². The number of amides is 1. The van der Waals surface area contributed by atoms with E-state index in [2.05, 4.69) is 38.5 Å². The minimum Gasteiger partial charge on any atom is -0.465 e. The van der Waals surface area contributed by atoms with E-state index in [0.717, 1.165) is 53.1 Å². The number of aromatic nitrogens is 3. The van der Waals surface area contributed by atoms with Crippen molar-refractivity contribution >= 4 is 51.3 Å². The van der Waals surface area contributed by atoms with Crippen LogP contribution in [0.2, 0.25) is 0 Å². The molecule has 0 spiro atoms.